The first-order valence-corrected chi connectivity index (χ1v) is 8.45. The van der Waals surface area contributed by atoms with E-state index in [0.717, 1.165) is 21.3 Å². The van der Waals surface area contributed by atoms with Crippen molar-refractivity contribution in [1.82, 2.24) is 0 Å². The Hall–Kier alpha value is -2.46. The zero-order chi connectivity index (χ0) is 18.2. The molecule has 0 aliphatic rings. The van der Waals surface area contributed by atoms with Crippen molar-refractivity contribution in [3.05, 3.63) is 88.2 Å². The van der Waals surface area contributed by atoms with Crippen LogP contribution in [-0.2, 0) is 11.2 Å². The van der Waals surface area contributed by atoms with Gasteiger partial charge in [-0.25, -0.2) is 4.39 Å². The third-order valence-electron chi connectivity index (χ3n) is 3.49. The molecule has 128 valence electrons. The zero-order valence-corrected chi connectivity index (χ0v) is 15.4. The highest BCUT2D eigenvalue weighted by atomic mass is 79.9. The maximum atomic E-state index is 13.2. The van der Waals surface area contributed by atoms with Gasteiger partial charge in [-0.15, -0.1) is 6.58 Å². The summed E-state index contributed by atoms with van der Waals surface area (Å²) >= 11 is 3.33. The minimum Gasteiger partial charge on any atom is -0.496 e. The molecule has 0 aliphatic heterocycles. The number of ether oxygens (including phenoxy) is 1. The van der Waals surface area contributed by atoms with E-state index in [0.29, 0.717) is 12.0 Å². The molecule has 0 aromatic heterocycles. The van der Waals surface area contributed by atoms with Crippen molar-refractivity contribution in [3.8, 4) is 5.75 Å². The van der Waals surface area contributed by atoms with E-state index in [1.807, 2.05) is 18.2 Å². The molecule has 0 unspecified atom stereocenters. The molecule has 2 aromatic carbocycles. The molecule has 2 nitrogen and oxygen atoms in total. The molecular formula is C21H18BrFO2. The fourth-order valence-electron chi connectivity index (χ4n) is 2.27. The van der Waals surface area contributed by atoms with Crippen LogP contribution in [0.15, 0.2) is 65.7 Å². The van der Waals surface area contributed by atoms with Crippen LogP contribution < -0.4 is 4.74 Å². The summed E-state index contributed by atoms with van der Waals surface area (Å²) < 4.78 is 19.3. The van der Waals surface area contributed by atoms with E-state index in [9.17, 15) is 9.18 Å². The van der Waals surface area contributed by atoms with E-state index >= 15 is 0 Å². The lowest BCUT2D eigenvalue weighted by molar-refractivity contribution is -0.110. The first kappa shape index (κ1) is 18.9. The standard InChI is InChI=1S/C21H18BrFO2/c1-3-4-17-13-15(6-12-21(17)25-2)5-9-19(24)10-7-16-14-18(23)8-11-20(16)22/h3,5-14H,1,4H2,2H3. The third-order valence-corrected chi connectivity index (χ3v) is 4.22. The Morgan fingerprint density at radius 2 is 1.96 bits per heavy atom. The molecule has 0 radical (unpaired) electrons. The van der Waals surface area contributed by atoms with Crippen molar-refractivity contribution in [2.45, 2.75) is 6.42 Å². The number of halogens is 2. The van der Waals surface area contributed by atoms with Crippen LogP contribution in [0.4, 0.5) is 4.39 Å². The highest BCUT2D eigenvalue weighted by Crippen LogP contribution is 2.22. The predicted octanol–water partition coefficient (Wildman–Crippen LogP) is 5.62. The second-order valence-electron chi connectivity index (χ2n) is 5.30. The van der Waals surface area contributed by atoms with Gasteiger partial charge in [-0.3, -0.25) is 4.79 Å². The minimum absolute atomic E-state index is 0.183. The highest BCUT2D eigenvalue weighted by molar-refractivity contribution is 9.10. The molecule has 0 atom stereocenters. The molecule has 0 fully saturated rings. The molecule has 25 heavy (non-hydrogen) atoms. The van der Waals surface area contributed by atoms with Gasteiger partial charge in [-0.1, -0.05) is 34.1 Å². The average molecular weight is 401 g/mol. The maximum Gasteiger partial charge on any atom is 0.178 e. The quantitative estimate of drug-likeness (QED) is 0.445. The fraction of sp³-hybridized carbons (Fsp3) is 0.0952. The topological polar surface area (TPSA) is 26.3 Å². The summed E-state index contributed by atoms with van der Waals surface area (Å²) in [5, 5.41) is 0. The Morgan fingerprint density at radius 3 is 2.68 bits per heavy atom. The van der Waals surface area contributed by atoms with Crippen molar-refractivity contribution >= 4 is 33.9 Å². The van der Waals surface area contributed by atoms with Crippen molar-refractivity contribution in [2.75, 3.05) is 7.11 Å². The Kier molecular flexibility index (Phi) is 6.90. The summed E-state index contributed by atoms with van der Waals surface area (Å²) in [5.41, 5.74) is 2.51. The van der Waals surface area contributed by atoms with Crippen LogP contribution in [0.1, 0.15) is 16.7 Å². The normalized spacial score (nSPS) is 11.2. The molecule has 0 spiro atoms. The van der Waals surface area contributed by atoms with E-state index in [4.69, 9.17) is 4.74 Å². The fourth-order valence-corrected chi connectivity index (χ4v) is 2.64. The summed E-state index contributed by atoms with van der Waals surface area (Å²) in [5.74, 6) is 0.260. The molecule has 0 heterocycles. The van der Waals surface area contributed by atoms with Gasteiger partial charge in [0.25, 0.3) is 0 Å². The Labute approximate surface area is 155 Å². The number of benzene rings is 2. The number of carbonyl (C=O) groups excluding carboxylic acids is 1. The molecule has 0 bridgehead atoms. The van der Waals surface area contributed by atoms with Crippen LogP contribution in [0.25, 0.3) is 12.2 Å². The average Bonchev–Trinajstić information content (AvgIpc) is 2.61. The van der Waals surface area contributed by atoms with Gasteiger partial charge in [0.15, 0.2) is 5.78 Å². The third kappa shape index (κ3) is 5.54. The van der Waals surface area contributed by atoms with Crippen LogP contribution in [0.3, 0.4) is 0 Å². The van der Waals surface area contributed by atoms with Crippen molar-refractivity contribution in [3.63, 3.8) is 0 Å². The van der Waals surface area contributed by atoms with Crippen molar-refractivity contribution in [2.24, 2.45) is 0 Å². The molecule has 0 amide bonds. The molecule has 0 saturated carbocycles. The Bertz CT molecular complexity index is 838. The predicted molar refractivity (Wildman–Crippen MR) is 104 cm³/mol. The number of rotatable bonds is 7. The summed E-state index contributed by atoms with van der Waals surface area (Å²) in [6.07, 6.45) is 8.69. The number of ketones is 1. The monoisotopic (exact) mass is 400 g/mol. The van der Waals surface area contributed by atoms with Crippen LogP contribution in [-0.4, -0.2) is 12.9 Å². The van der Waals surface area contributed by atoms with Crippen LogP contribution >= 0.6 is 15.9 Å². The van der Waals surface area contributed by atoms with Crippen LogP contribution in [0, 0.1) is 5.82 Å². The van der Waals surface area contributed by atoms with Crippen molar-refractivity contribution < 1.29 is 13.9 Å². The van der Waals surface area contributed by atoms with Gasteiger partial charge < -0.3 is 4.74 Å². The lowest BCUT2D eigenvalue weighted by Gasteiger charge is -2.07. The molecule has 0 saturated heterocycles. The van der Waals surface area contributed by atoms with E-state index in [2.05, 4.69) is 22.5 Å². The summed E-state index contributed by atoms with van der Waals surface area (Å²) in [6, 6.07) is 10.0. The lowest BCUT2D eigenvalue weighted by atomic mass is 10.1. The molecular weight excluding hydrogens is 383 g/mol. The Balaban J connectivity index is 2.12. The molecule has 2 aromatic rings. The van der Waals surface area contributed by atoms with E-state index in [-0.39, 0.29) is 11.6 Å². The maximum absolute atomic E-state index is 13.2. The van der Waals surface area contributed by atoms with E-state index < -0.39 is 0 Å². The summed E-state index contributed by atoms with van der Waals surface area (Å²) in [6.45, 7) is 3.73. The van der Waals surface area contributed by atoms with Gasteiger partial charge in [-0.05, 0) is 71.7 Å². The van der Waals surface area contributed by atoms with Gasteiger partial charge in [0.1, 0.15) is 11.6 Å². The number of allylic oxidation sites excluding steroid dienone is 3. The summed E-state index contributed by atoms with van der Waals surface area (Å²) in [7, 11) is 1.62. The minimum atomic E-state index is -0.348. The number of carbonyl (C=O) groups is 1. The zero-order valence-electron chi connectivity index (χ0n) is 13.8. The van der Waals surface area contributed by atoms with Gasteiger partial charge >= 0.3 is 0 Å². The molecule has 2 rings (SSSR count). The smallest absolute Gasteiger partial charge is 0.178 e. The largest absolute Gasteiger partial charge is 0.496 e. The van der Waals surface area contributed by atoms with Gasteiger partial charge in [0.2, 0.25) is 0 Å². The summed E-state index contributed by atoms with van der Waals surface area (Å²) in [4.78, 5) is 12.0. The second-order valence-corrected chi connectivity index (χ2v) is 6.15. The van der Waals surface area contributed by atoms with Gasteiger partial charge in [-0.2, -0.15) is 0 Å². The lowest BCUT2D eigenvalue weighted by Crippen LogP contribution is -1.92. The molecule has 4 heteroatoms. The van der Waals surface area contributed by atoms with Crippen LogP contribution in [0.2, 0.25) is 0 Å². The number of methoxy groups -OCH3 is 1. The number of hydrogen-bond donors (Lipinski definition) is 0. The number of hydrogen-bond acceptors (Lipinski definition) is 2. The first-order valence-electron chi connectivity index (χ1n) is 7.66. The molecule has 0 N–H and O–H groups in total. The highest BCUT2D eigenvalue weighted by Gasteiger charge is 2.02. The van der Waals surface area contributed by atoms with Crippen molar-refractivity contribution in [1.29, 1.82) is 0 Å². The van der Waals surface area contributed by atoms with Gasteiger partial charge in [0.05, 0.1) is 7.11 Å². The first-order chi connectivity index (χ1) is 12.0. The van der Waals surface area contributed by atoms with E-state index in [1.165, 1.54) is 24.3 Å². The SMILES string of the molecule is C=CCc1cc(C=CC(=O)C=Cc2cc(F)ccc2Br)ccc1OC. The second kappa shape index (κ2) is 9.14. The van der Waals surface area contributed by atoms with E-state index in [1.54, 1.807) is 31.4 Å². The van der Waals surface area contributed by atoms with Gasteiger partial charge in [0, 0.05) is 4.47 Å². The van der Waals surface area contributed by atoms with Crippen LogP contribution in [0.5, 0.6) is 5.75 Å². The molecule has 0 aliphatic carbocycles. The Morgan fingerprint density at radius 1 is 1.20 bits per heavy atom.